The van der Waals surface area contributed by atoms with Gasteiger partial charge in [0.1, 0.15) is 0 Å². The number of likely N-dealkylation sites (tertiary alicyclic amines) is 1. The summed E-state index contributed by atoms with van der Waals surface area (Å²) in [6, 6.07) is 5.81. The summed E-state index contributed by atoms with van der Waals surface area (Å²) >= 11 is 0. The lowest BCUT2D eigenvalue weighted by molar-refractivity contribution is 0.0760. The van der Waals surface area contributed by atoms with E-state index in [0.29, 0.717) is 0 Å². The zero-order valence-corrected chi connectivity index (χ0v) is 12.0. The van der Waals surface area contributed by atoms with Crippen molar-refractivity contribution < 1.29 is 4.79 Å². The van der Waals surface area contributed by atoms with E-state index >= 15 is 0 Å². The highest BCUT2D eigenvalue weighted by atomic mass is 16.2. The topological polar surface area (TPSA) is 61.0 Å². The number of nitrogens with zero attached hydrogens (tertiary/aromatic N) is 2. The monoisotopic (exact) mass is 284 g/mol. The molecule has 1 aromatic heterocycles. The van der Waals surface area contributed by atoms with Crippen LogP contribution in [-0.4, -0.2) is 47.2 Å². The Morgan fingerprint density at radius 3 is 2.71 bits per heavy atom. The second kappa shape index (κ2) is 5.15. The van der Waals surface area contributed by atoms with Crippen LogP contribution in [-0.2, 0) is 0 Å². The number of fused-ring (bicyclic) bond motifs is 2. The third-order valence-corrected chi connectivity index (χ3v) is 5.01. The summed E-state index contributed by atoms with van der Waals surface area (Å²) in [5, 5.41) is 11.5. The molecule has 110 valence electrons. The molecule has 1 aromatic carbocycles. The standard InChI is InChI=1S/C16H20N4O/c21-16(14-3-1-2-13-10-18-19-15(13)14)20-6-4-11-8-17-9-12(11)5-7-20/h1-3,10-12,17H,4-9H2,(H,18,19)/t11-,12+. The molecule has 1 amide bonds. The van der Waals surface area contributed by atoms with Gasteiger partial charge in [-0.15, -0.1) is 0 Å². The number of H-pyrrole nitrogens is 1. The van der Waals surface area contributed by atoms with Crippen molar-refractivity contribution >= 4 is 16.8 Å². The van der Waals surface area contributed by atoms with Crippen LogP contribution < -0.4 is 5.32 Å². The van der Waals surface area contributed by atoms with Crippen molar-refractivity contribution in [3.63, 3.8) is 0 Å². The molecule has 21 heavy (non-hydrogen) atoms. The number of hydrogen-bond donors (Lipinski definition) is 2. The van der Waals surface area contributed by atoms with E-state index in [1.807, 2.05) is 23.1 Å². The Bertz CT molecular complexity index is 651. The molecule has 0 saturated carbocycles. The number of aromatic nitrogens is 2. The SMILES string of the molecule is O=C(c1cccc2cn[nH]c12)N1CC[C@@H]2CNC[C@@H]2CC1. The molecular weight excluding hydrogens is 264 g/mol. The van der Waals surface area contributed by atoms with Crippen LogP contribution >= 0.6 is 0 Å². The molecule has 2 atom stereocenters. The number of rotatable bonds is 1. The molecule has 2 saturated heterocycles. The number of aromatic amines is 1. The summed E-state index contributed by atoms with van der Waals surface area (Å²) in [5.74, 6) is 1.62. The maximum absolute atomic E-state index is 12.8. The number of hydrogen-bond acceptors (Lipinski definition) is 3. The van der Waals surface area contributed by atoms with Crippen molar-refractivity contribution in [2.24, 2.45) is 11.8 Å². The number of amides is 1. The van der Waals surface area contributed by atoms with Gasteiger partial charge in [0.05, 0.1) is 17.3 Å². The molecule has 2 aromatic rings. The van der Waals surface area contributed by atoms with Crippen molar-refractivity contribution in [2.75, 3.05) is 26.2 Å². The number of carbonyl (C=O) groups excluding carboxylic acids is 1. The minimum absolute atomic E-state index is 0.137. The van der Waals surface area contributed by atoms with Gasteiger partial charge in [0.15, 0.2) is 0 Å². The highest BCUT2D eigenvalue weighted by Crippen LogP contribution is 2.28. The molecule has 5 heteroatoms. The van der Waals surface area contributed by atoms with Crippen LogP contribution in [0.1, 0.15) is 23.2 Å². The van der Waals surface area contributed by atoms with Crippen LogP contribution in [0.25, 0.3) is 10.9 Å². The van der Waals surface area contributed by atoms with E-state index in [1.165, 1.54) is 0 Å². The van der Waals surface area contributed by atoms with Gasteiger partial charge < -0.3 is 10.2 Å². The van der Waals surface area contributed by atoms with Crippen molar-refractivity contribution in [1.29, 1.82) is 0 Å². The fourth-order valence-corrected chi connectivity index (χ4v) is 3.74. The summed E-state index contributed by atoms with van der Waals surface area (Å²) in [4.78, 5) is 14.9. The van der Waals surface area contributed by atoms with E-state index in [2.05, 4.69) is 15.5 Å². The minimum atomic E-state index is 0.137. The first-order chi connectivity index (χ1) is 10.3. The van der Waals surface area contributed by atoms with Crippen molar-refractivity contribution in [2.45, 2.75) is 12.8 Å². The number of benzene rings is 1. The van der Waals surface area contributed by atoms with Gasteiger partial charge in [-0.05, 0) is 43.8 Å². The van der Waals surface area contributed by atoms with E-state index in [4.69, 9.17) is 0 Å². The molecule has 2 fully saturated rings. The molecule has 0 aliphatic carbocycles. The number of nitrogens with one attached hydrogen (secondary N) is 2. The third-order valence-electron chi connectivity index (χ3n) is 5.01. The highest BCUT2D eigenvalue weighted by molar-refractivity contribution is 6.05. The molecule has 0 radical (unpaired) electrons. The number of carbonyl (C=O) groups is 1. The first kappa shape index (κ1) is 12.8. The Kier molecular flexibility index (Phi) is 3.15. The molecule has 5 nitrogen and oxygen atoms in total. The van der Waals surface area contributed by atoms with Gasteiger partial charge in [0.25, 0.3) is 5.91 Å². The summed E-state index contributed by atoms with van der Waals surface area (Å²) in [5.41, 5.74) is 1.60. The quantitative estimate of drug-likeness (QED) is 0.837. The zero-order valence-electron chi connectivity index (χ0n) is 12.0. The summed E-state index contributed by atoms with van der Waals surface area (Å²) in [6.45, 7) is 3.96. The van der Waals surface area contributed by atoms with Crippen molar-refractivity contribution in [3.8, 4) is 0 Å². The average molecular weight is 284 g/mol. The Hall–Kier alpha value is -1.88. The second-order valence-electron chi connectivity index (χ2n) is 6.19. The Morgan fingerprint density at radius 1 is 1.19 bits per heavy atom. The maximum Gasteiger partial charge on any atom is 0.256 e. The molecule has 2 N–H and O–H groups in total. The van der Waals surface area contributed by atoms with E-state index in [0.717, 1.165) is 67.3 Å². The van der Waals surface area contributed by atoms with Gasteiger partial charge in [0.2, 0.25) is 0 Å². The fraction of sp³-hybridized carbons (Fsp3) is 0.500. The van der Waals surface area contributed by atoms with Crippen LogP contribution in [0.5, 0.6) is 0 Å². The van der Waals surface area contributed by atoms with E-state index in [-0.39, 0.29) is 5.91 Å². The van der Waals surface area contributed by atoms with Crippen LogP contribution in [0, 0.1) is 11.8 Å². The van der Waals surface area contributed by atoms with Gasteiger partial charge in [-0.3, -0.25) is 9.89 Å². The minimum Gasteiger partial charge on any atom is -0.339 e. The van der Waals surface area contributed by atoms with Gasteiger partial charge in [-0.25, -0.2) is 0 Å². The lowest BCUT2D eigenvalue weighted by atomic mass is 9.92. The second-order valence-corrected chi connectivity index (χ2v) is 6.19. The summed E-state index contributed by atoms with van der Waals surface area (Å²) in [7, 11) is 0. The van der Waals surface area contributed by atoms with Gasteiger partial charge in [-0.2, -0.15) is 5.10 Å². The fourth-order valence-electron chi connectivity index (χ4n) is 3.74. The first-order valence-corrected chi connectivity index (χ1v) is 7.75. The summed E-state index contributed by atoms with van der Waals surface area (Å²) in [6.07, 6.45) is 4.00. The maximum atomic E-state index is 12.8. The van der Waals surface area contributed by atoms with Gasteiger partial charge in [-0.1, -0.05) is 12.1 Å². The van der Waals surface area contributed by atoms with Gasteiger partial charge in [0, 0.05) is 18.5 Å². The molecule has 0 bridgehead atoms. The average Bonchev–Trinajstić information content (AvgIpc) is 3.11. The molecule has 0 spiro atoms. The predicted octanol–water partition coefficient (Wildman–Crippen LogP) is 1.63. The number of para-hydroxylation sites is 1. The Labute approximate surface area is 123 Å². The van der Waals surface area contributed by atoms with E-state index in [9.17, 15) is 4.79 Å². The first-order valence-electron chi connectivity index (χ1n) is 7.75. The smallest absolute Gasteiger partial charge is 0.256 e. The van der Waals surface area contributed by atoms with Gasteiger partial charge >= 0.3 is 0 Å². The van der Waals surface area contributed by atoms with E-state index in [1.54, 1.807) is 6.20 Å². The van der Waals surface area contributed by atoms with Crippen molar-refractivity contribution in [1.82, 2.24) is 20.4 Å². The highest BCUT2D eigenvalue weighted by Gasteiger charge is 2.32. The molecule has 0 unspecified atom stereocenters. The molecule has 2 aliphatic rings. The van der Waals surface area contributed by atoms with Crippen LogP contribution in [0.2, 0.25) is 0 Å². The normalized spacial score (nSPS) is 25.8. The summed E-state index contributed by atoms with van der Waals surface area (Å²) < 4.78 is 0. The lowest BCUT2D eigenvalue weighted by Gasteiger charge is -2.21. The molecule has 2 aliphatic heterocycles. The predicted molar refractivity (Wildman–Crippen MR) is 81.1 cm³/mol. The zero-order chi connectivity index (χ0) is 14.2. The van der Waals surface area contributed by atoms with E-state index < -0.39 is 0 Å². The largest absolute Gasteiger partial charge is 0.339 e. The Morgan fingerprint density at radius 2 is 1.95 bits per heavy atom. The van der Waals surface area contributed by atoms with Crippen LogP contribution in [0.4, 0.5) is 0 Å². The van der Waals surface area contributed by atoms with Crippen molar-refractivity contribution in [3.05, 3.63) is 30.0 Å². The third kappa shape index (κ3) is 2.21. The molecule has 3 heterocycles. The van der Waals surface area contributed by atoms with Crippen LogP contribution in [0.15, 0.2) is 24.4 Å². The lowest BCUT2D eigenvalue weighted by Crippen LogP contribution is -2.32. The Balaban J connectivity index is 1.58. The molecule has 4 rings (SSSR count). The van der Waals surface area contributed by atoms with Crippen LogP contribution in [0.3, 0.4) is 0 Å². The molecular formula is C16H20N4O.